The van der Waals surface area contributed by atoms with E-state index in [0.717, 1.165) is 0 Å². The Kier molecular flexibility index (Phi) is 20.9. The van der Waals surface area contributed by atoms with Gasteiger partial charge in [0.15, 0.2) is 0 Å². The van der Waals surface area contributed by atoms with Crippen molar-refractivity contribution in [1.29, 1.82) is 0 Å². The van der Waals surface area contributed by atoms with Gasteiger partial charge in [-0.3, -0.25) is 4.79 Å². The molecule has 0 atom stereocenters. The largest absolute Gasteiger partial charge is 0.878 e. The highest BCUT2D eigenvalue weighted by Crippen LogP contribution is 2.16. The number of rotatable bonds is 14. The molecule has 0 unspecified atom stereocenters. The van der Waals surface area contributed by atoms with Crippen LogP contribution in [0, 0.1) is 0 Å². The van der Waals surface area contributed by atoms with Crippen LogP contribution in [0.2, 0.25) is 0 Å². The van der Waals surface area contributed by atoms with E-state index in [9.17, 15) is 9.90 Å². The Morgan fingerprint density at radius 3 is 1.29 bits per heavy atom. The molecule has 0 amide bonds. The Bertz CT molecular complexity index is 273. The van der Waals surface area contributed by atoms with Crippen LogP contribution in [0.4, 0.5) is 0 Å². The van der Waals surface area contributed by atoms with Crippen LogP contribution in [0.15, 0.2) is 24.5 Å². The number of carbonyl (C=O) groups excluding carboxylic acids is 1. The van der Waals surface area contributed by atoms with Gasteiger partial charge in [-0.2, -0.15) is 0 Å². The second-order valence-corrected chi connectivity index (χ2v) is 6.50. The summed E-state index contributed by atoms with van der Waals surface area (Å²) in [4.78, 5) is 9.46. The summed E-state index contributed by atoms with van der Waals surface area (Å²) in [6, 6.07) is 0. The number of carbonyl (C=O) groups is 1. The maximum Gasteiger partial charge on any atom is 0.142 e. The minimum absolute atomic E-state index is 0.611. The highest BCUT2D eigenvalue weighted by atomic mass is 16.2. The third kappa shape index (κ3) is 15.8. The molecule has 0 radical (unpaired) electrons. The molecule has 0 aromatic carbocycles. The zero-order valence-electron chi connectivity index (χ0n) is 16.6. The maximum absolute atomic E-state index is 9.46. The van der Waals surface area contributed by atoms with E-state index in [1.165, 1.54) is 100 Å². The molecule has 0 heterocycles. The molecule has 0 saturated heterocycles. The van der Waals surface area contributed by atoms with E-state index in [1.54, 1.807) is 0 Å². The van der Waals surface area contributed by atoms with Crippen molar-refractivity contribution in [2.45, 2.75) is 79.1 Å². The first-order valence-corrected chi connectivity index (χ1v) is 9.90. The Morgan fingerprint density at radius 1 is 0.667 bits per heavy atom. The van der Waals surface area contributed by atoms with Gasteiger partial charge < -0.3 is 9.59 Å². The van der Waals surface area contributed by atoms with Crippen molar-refractivity contribution < 1.29 is 14.4 Å². The summed E-state index contributed by atoms with van der Waals surface area (Å²) < 4.78 is 1.42. The molecule has 0 aromatic heterocycles. The molecule has 0 aliphatic heterocycles. The first-order valence-electron chi connectivity index (χ1n) is 9.90. The predicted octanol–water partition coefficient (Wildman–Crippen LogP) is 4.62. The van der Waals surface area contributed by atoms with Gasteiger partial charge in [-0.05, 0) is 31.8 Å². The van der Waals surface area contributed by atoms with Crippen molar-refractivity contribution in [2.24, 2.45) is 0 Å². The molecule has 0 spiro atoms. The molecular formula is C21H41NO2. The van der Waals surface area contributed by atoms with Crippen molar-refractivity contribution in [3.05, 3.63) is 24.5 Å². The van der Waals surface area contributed by atoms with Crippen LogP contribution in [0.1, 0.15) is 79.1 Å². The standard InChI is InChI=1S/C16H36N.C5H6O2/c1-5-9-13-17(14-10-6-2,15-11-7-3)16-12-8-4;6-4-2-1-3-5-7/h5-16H2,1-4H3;1-6H/q+1;/p-1. The molecule has 0 aliphatic carbocycles. The second-order valence-electron chi connectivity index (χ2n) is 6.50. The minimum atomic E-state index is 0.611. The SMILES string of the molecule is CCCC[N+](CCCC)(CCCC)CCCC.O=CC=CC=C[O-]. The van der Waals surface area contributed by atoms with E-state index in [-0.39, 0.29) is 0 Å². The van der Waals surface area contributed by atoms with Crippen molar-refractivity contribution in [1.82, 2.24) is 0 Å². The lowest BCUT2D eigenvalue weighted by atomic mass is 10.1. The Labute approximate surface area is 151 Å². The van der Waals surface area contributed by atoms with Crippen molar-refractivity contribution >= 4 is 6.29 Å². The monoisotopic (exact) mass is 339 g/mol. The average Bonchev–Trinajstić information content (AvgIpc) is 2.61. The van der Waals surface area contributed by atoms with Crippen LogP contribution in [-0.4, -0.2) is 36.9 Å². The van der Waals surface area contributed by atoms with E-state index in [2.05, 4.69) is 27.7 Å². The smallest absolute Gasteiger partial charge is 0.142 e. The van der Waals surface area contributed by atoms with Gasteiger partial charge in [0.05, 0.1) is 26.2 Å². The molecule has 0 aromatic rings. The Hall–Kier alpha value is -1.09. The van der Waals surface area contributed by atoms with Crippen molar-refractivity contribution in [3.8, 4) is 0 Å². The van der Waals surface area contributed by atoms with E-state index < -0.39 is 0 Å². The van der Waals surface area contributed by atoms with Crippen molar-refractivity contribution in [3.63, 3.8) is 0 Å². The number of nitrogens with zero attached hydrogens (tertiary/aromatic N) is 1. The lowest BCUT2D eigenvalue weighted by molar-refractivity contribution is -0.929. The lowest BCUT2D eigenvalue weighted by Crippen LogP contribution is -2.50. The number of quaternary nitrogens is 1. The number of allylic oxidation sites excluding steroid dienone is 3. The van der Waals surface area contributed by atoms with Crippen LogP contribution in [-0.2, 0) is 4.79 Å². The van der Waals surface area contributed by atoms with Crippen LogP contribution in [0.3, 0.4) is 0 Å². The maximum atomic E-state index is 9.46. The quantitative estimate of drug-likeness (QED) is 0.152. The molecule has 0 bridgehead atoms. The summed E-state index contributed by atoms with van der Waals surface area (Å²) in [6.45, 7) is 15.0. The summed E-state index contributed by atoms with van der Waals surface area (Å²) >= 11 is 0. The first kappa shape index (κ1) is 25.2. The van der Waals surface area contributed by atoms with E-state index in [0.29, 0.717) is 12.5 Å². The zero-order valence-corrected chi connectivity index (χ0v) is 16.6. The fourth-order valence-corrected chi connectivity index (χ4v) is 2.80. The van der Waals surface area contributed by atoms with Gasteiger partial charge in [-0.25, -0.2) is 0 Å². The topological polar surface area (TPSA) is 40.1 Å². The zero-order chi connectivity index (χ0) is 18.5. The van der Waals surface area contributed by atoms with Gasteiger partial charge >= 0.3 is 0 Å². The number of aldehydes is 1. The molecular weight excluding hydrogens is 298 g/mol. The van der Waals surface area contributed by atoms with Crippen molar-refractivity contribution in [2.75, 3.05) is 26.2 Å². The number of hydrogen-bond acceptors (Lipinski definition) is 2. The van der Waals surface area contributed by atoms with Crippen LogP contribution >= 0.6 is 0 Å². The molecule has 0 saturated carbocycles. The van der Waals surface area contributed by atoms with Gasteiger partial charge in [0.25, 0.3) is 0 Å². The van der Waals surface area contributed by atoms with Crippen LogP contribution in [0.5, 0.6) is 0 Å². The normalized spacial score (nSPS) is 11.7. The second kappa shape index (κ2) is 20.0. The number of hydrogen-bond donors (Lipinski definition) is 0. The van der Waals surface area contributed by atoms with E-state index in [4.69, 9.17) is 0 Å². The molecule has 0 rings (SSSR count). The molecule has 24 heavy (non-hydrogen) atoms. The average molecular weight is 340 g/mol. The fourth-order valence-electron chi connectivity index (χ4n) is 2.80. The van der Waals surface area contributed by atoms with E-state index >= 15 is 0 Å². The van der Waals surface area contributed by atoms with Gasteiger partial charge in [-0.15, -0.1) is 6.26 Å². The summed E-state index contributed by atoms with van der Waals surface area (Å²) in [5.74, 6) is 0. The molecule has 0 fully saturated rings. The molecule has 0 aliphatic rings. The molecule has 3 nitrogen and oxygen atoms in total. The molecule has 0 N–H and O–H groups in total. The third-order valence-corrected chi connectivity index (χ3v) is 4.32. The molecule has 3 heteroatoms. The summed E-state index contributed by atoms with van der Waals surface area (Å²) in [5, 5.41) is 9.46. The fraction of sp³-hybridized carbons (Fsp3) is 0.762. The van der Waals surface area contributed by atoms with Gasteiger partial charge in [0.2, 0.25) is 0 Å². The third-order valence-electron chi connectivity index (χ3n) is 4.32. The van der Waals surface area contributed by atoms with Gasteiger partial charge in [0, 0.05) is 0 Å². The Morgan fingerprint density at radius 2 is 1.04 bits per heavy atom. The van der Waals surface area contributed by atoms with E-state index in [1.807, 2.05) is 0 Å². The van der Waals surface area contributed by atoms with Crippen LogP contribution < -0.4 is 5.11 Å². The minimum Gasteiger partial charge on any atom is -0.878 e. The summed E-state index contributed by atoms with van der Waals surface area (Å²) in [5.41, 5.74) is 0. The lowest BCUT2D eigenvalue weighted by Gasteiger charge is -2.39. The van der Waals surface area contributed by atoms with Gasteiger partial charge in [0.1, 0.15) is 6.29 Å². The number of unbranched alkanes of at least 4 members (excludes halogenated alkanes) is 4. The molecule has 142 valence electrons. The van der Waals surface area contributed by atoms with Gasteiger partial charge in [-0.1, -0.05) is 65.5 Å². The van der Waals surface area contributed by atoms with Crippen LogP contribution in [0.25, 0.3) is 0 Å². The summed E-state index contributed by atoms with van der Waals surface area (Å²) in [7, 11) is 0. The Balaban J connectivity index is 0. The summed E-state index contributed by atoms with van der Waals surface area (Å²) in [6.07, 6.45) is 16.1. The highest BCUT2D eigenvalue weighted by Gasteiger charge is 2.24. The predicted molar refractivity (Wildman–Crippen MR) is 104 cm³/mol. The first-order chi connectivity index (χ1) is 11.7. The highest BCUT2D eigenvalue weighted by molar-refractivity contribution is 5.65.